The third-order valence-electron chi connectivity index (χ3n) is 2.47. The molecule has 0 amide bonds. The maximum absolute atomic E-state index is 4.56. The Hall–Kier alpha value is -1.33. The summed E-state index contributed by atoms with van der Waals surface area (Å²) in [4.78, 5) is 8.85. The summed E-state index contributed by atoms with van der Waals surface area (Å²) in [6.07, 6.45) is 5.87. The molecule has 18 heavy (non-hydrogen) atoms. The van der Waals surface area contributed by atoms with E-state index in [2.05, 4.69) is 32.1 Å². The minimum Gasteiger partial charge on any atom is -0.306 e. The summed E-state index contributed by atoms with van der Waals surface area (Å²) in [5.74, 6) is 0.830. The Morgan fingerprint density at radius 1 is 1.17 bits per heavy atom. The van der Waals surface area contributed by atoms with Gasteiger partial charge in [-0.15, -0.1) is 0 Å². The first-order chi connectivity index (χ1) is 8.81. The molecule has 3 heterocycles. The molecule has 5 heteroatoms. The van der Waals surface area contributed by atoms with Crippen molar-refractivity contribution >= 4 is 33.3 Å². The Bertz CT molecular complexity index is 666. The van der Waals surface area contributed by atoms with Crippen LogP contribution in [0, 0.1) is 0 Å². The number of nitrogens with zero attached hydrogens (tertiary/aromatic N) is 3. The Balaban J connectivity index is 1.79. The van der Waals surface area contributed by atoms with Gasteiger partial charge in [-0.3, -0.25) is 0 Å². The second-order valence-corrected chi connectivity index (χ2v) is 5.71. The molecule has 0 aliphatic rings. The van der Waals surface area contributed by atoms with E-state index in [-0.39, 0.29) is 0 Å². The smallest absolute Gasteiger partial charge is 0.137 e. The van der Waals surface area contributed by atoms with Crippen molar-refractivity contribution in [1.29, 1.82) is 0 Å². The minimum atomic E-state index is 0.830. The second-order valence-electron chi connectivity index (χ2n) is 3.80. The van der Waals surface area contributed by atoms with Gasteiger partial charge in [-0.1, -0.05) is 17.8 Å². The molecule has 0 spiro atoms. The minimum absolute atomic E-state index is 0.830. The van der Waals surface area contributed by atoms with Gasteiger partial charge < -0.3 is 4.40 Å². The van der Waals surface area contributed by atoms with Crippen molar-refractivity contribution in [2.45, 2.75) is 10.8 Å². The van der Waals surface area contributed by atoms with Gasteiger partial charge in [0.15, 0.2) is 0 Å². The number of rotatable bonds is 3. The van der Waals surface area contributed by atoms with Gasteiger partial charge in [0, 0.05) is 28.8 Å². The van der Waals surface area contributed by atoms with Crippen LogP contribution in [0.3, 0.4) is 0 Å². The molecule has 0 saturated carbocycles. The first-order valence-corrected chi connectivity index (χ1v) is 7.26. The average molecular weight is 320 g/mol. The predicted molar refractivity (Wildman–Crippen MR) is 76.7 cm³/mol. The lowest BCUT2D eigenvalue weighted by Crippen LogP contribution is -1.81. The summed E-state index contributed by atoms with van der Waals surface area (Å²) in [6.45, 7) is 0. The van der Waals surface area contributed by atoms with Crippen molar-refractivity contribution in [3.05, 3.63) is 59.1 Å². The molecule has 3 aromatic rings. The lowest BCUT2D eigenvalue weighted by Gasteiger charge is -1.96. The molecule has 0 fully saturated rings. The third-order valence-corrected chi connectivity index (χ3v) is 3.92. The molecule has 90 valence electrons. The molecule has 0 atom stereocenters. The van der Waals surface area contributed by atoms with E-state index in [9.17, 15) is 0 Å². The zero-order valence-corrected chi connectivity index (χ0v) is 11.9. The standard InChI is InChI=1S/C13H10BrN3S/c14-10-4-5-12-16-11(8-17(12)7-10)9-18-13-3-1-2-6-15-13/h1-8H,9H2. The molecular weight excluding hydrogens is 310 g/mol. The highest BCUT2D eigenvalue weighted by Crippen LogP contribution is 2.20. The topological polar surface area (TPSA) is 30.2 Å². The molecular formula is C13H10BrN3S. The number of pyridine rings is 2. The van der Waals surface area contributed by atoms with Crippen molar-refractivity contribution in [3.8, 4) is 0 Å². The van der Waals surface area contributed by atoms with Gasteiger partial charge in [0.1, 0.15) is 5.65 Å². The summed E-state index contributed by atoms with van der Waals surface area (Å²) < 4.78 is 3.08. The highest BCUT2D eigenvalue weighted by molar-refractivity contribution is 9.10. The monoisotopic (exact) mass is 319 g/mol. The van der Waals surface area contributed by atoms with Crippen molar-refractivity contribution in [2.75, 3.05) is 0 Å². The predicted octanol–water partition coefficient (Wildman–Crippen LogP) is 3.78. The van der Waals surface area contributed by atoms with Gasteiger partial charge in [0.25, 0.3) is 0 Å². The molecule has 0 aliphatic carbocycles. The lowest BCUT2D eigenvalue weighted by atomic mass is 10.5. The van der Waals surface area contributed by atoms with E-state index in [1.807, 2.05) is 47.1 Å². The van der Waals surface area contributed by atoms with Crippen LogP contribution in [0.5, 0.6) is 0 Å². The summed E-state index contributed by atoms with van der Waals surface area (Å²) in [5.41, 5.74) is 2.03. The zero-order chi connectivity index (χ0) is 12.4. The van der Waals surface area contributed by atoms with Gasteiger partial charge in [0.2, 0.25) is 0 Å². The maximum atomic E-state index is 4.56. The Morgan fingerprint density at radius 2 is 2.11 bits per heavy atom. The SMILES string of the molecule is Brc1ccc2nc(CSc3ccccn3)cn2c1. The zero-order valence-electron chi connectivity index (χ0n) is 9.45. The molecule has 0 radical (unpaired) electrons. The van der Waals surface area contributed by atoms with Crippen molar-refractivity contribution in [3.63, 3.8) is 0 Å². The van der Waals surface area contributed by atoms with Crippen molar-refractivity contribution < 1.29 is 0 Å². The molecule has 0 N–H and O–H groups in total. The second kappa shape index (κ2) is 5.12. The van der Waals surface area contributed by atoms with Crippen molar-refractivity contribution in [1.82, 2.24) is 14.4 Å². The highest BCUT2D eigenvalue weighted by Gasteiger charge is 2.03. The van der Waals surface area contributed by atoms with E-state index in [1.54, 1.807) is 11.8 Å². The molecule has 0 bridgehead atoms. The first kappa shape index (κ1) is 11.7. The molecule has 3 aromatic heterocycles. The lowest BCUT2D eigenvalue weighted by molar-refractivity contribution is 1.13. The van der Waals surface area contributed by atoms with Crippen LogP contribution in [0.2, 0.25) is 0 Å². The van der Waals surface area contributed by atoms with Crippen LogP contribution in [-0.4, -0.2) is 14.4 Å². The molecule has 3 rings (SSSR count). The number of fused-ring (bicyclic) bond motifs is 1. The molecule has 0 unspecified atom stereocenters. The number of hydrogen-bond donors (Lipinski definition) is 0. The van der Waals surface area contributed by atoms with Crippen LogP contribution in [0.4, 0.5) is 0 Å². The van der Waals surface area contributed by atoms with Gasteiger partial charge in [-0.2, -0.15) is 0 Å². The fourth-order valence-electron chi connectivity index (χ4n) is 1.67. The average Bonchev–Trinajstić information content (AvgIpc) is 2.79. The summed E-state index contributed by atoms with van der Waals surface area (Å²) in [5, 5.41) is 1.02. The van der Waals surface area contributed by atoms with Crippen LogP contribution >= 0.6 is 27.7 Å². The fraction of sp³-hybridized carbons (Fsp3) is 0.0769. The number of halogens is 1. The van der Waals surface area contributed by atoms with Gasteiger partial charge in [-0.25, -0.2) is 9.97 Å². The van der Waals surface area contributed by atoms with Crippen LogP contribution in [-0.2, 0) is 5.75 Å². The number of thioether (sulfide) groups is 1. The van der Waals surface area contributed by atoms with Crippen LogP contribution in [0.25, 0.3) is 5.65 Å². The summed E-state index contributed by atoms with van der Waals surface area (Å²) in [7, 11) is 0. The quantitative estimate of drug-likeness (QED) is 0.688. The van der Waals surface area contributed by atoms with E-state index in [4.69, 9.17) is 0 Å². The molecule has 0 saturated heterocycles. The Morgan fingerprint density at radius 3 is 2.94 bits per heavy atom. The van der Waals surface area contributed by atoms with Gasteiger partial charge in [0.05, 0.1) is 10.7 Å². The number of aromatic nitrogens is 3. The number of imidazole rings is 1. The normalized spacial score (nSPS) is 10.9. The highest BCUT2D eigenvalue weighted by atomic mass is 79.9. The van der Waals surface area contributed by atoms with E-state index in [0.717, 1.165) is 26.6 Å². The van der Waals surface area contributed by atoms with Crippen LogP contribution < -0.4 is 0 Å². The summed E-state index contributed by atoms with van der Waals surface area (Å²) >= 11 is 5.15. The Labute approximate surface area is 117 Å². The van der Waals surface area contributed by atoms with E-state index in [1.165, 1.54) is 0 Å². The van der Waals surface area contributed by atoms with Gasteiger partial charge >= 0.3 is 0 Å². The van der Waals surface area contributed by atoms with Crippen LogP contribution in [0.15, 0.2) is 58.4 Å². The maximum Gasteiger partial charge on any atom is 0.137 e. The van der Waals surface area contributed by atoms with E-state index in [0.29, 0.717) is 0 Å². The van der Waals surface area contributed by atoms with E-state index < -0.39 is 0 Å². The van der Waals surface area contributed by atoms with Crippen LogP contribution in [0.1, 0.15) is 5.69 Å². The third kappa shape index (κ3) is 2.57. The first-order valence-electron chi connectivity index (χ1n) is 5.48. The van der Waals surface area contributed by atoms with Crippen molar-refractivity contribution in [2.24, 2.45) is 0 Å². The number of hydrogen-bond acceptors (Lipinski definition) is 3. The molecule has 3 nitrogen and oxygen atoms in total. The largest absolute Gasteiger partial charge is 0.306 e. The molecule has 0 aliphatic heterocycles. The van der Waals surface area contributed by atoms with E-state index >= 15 is 0 Å². The van der Waals surface area contributed by atoms with Gasteiger partial charge in [-0.05, 0) is 40.2 Å². The fourth-order valence-corrected chi connectivity index (χ4v) is 2.76. The molecule has 0 aromatic carbocycles. The Kier molecular flexibility index (Phi) is 3.34. The summed E-state index contributed by atoms with van der Waals surface area (Å²) in [6, 6.07) is 9.93.